The van der Waals surface area contributed by atoms with E-state index in [9.17, 15) is 4.79 Å². The van der Waals surface area contributed by atoms with Crippen molar-refractivity contribution in [2.45, 2.75) is 6.54 Å². The van der Waals surface area contributed by atoms with E-state index in [0.717, 1.165) is 5.56 Å². The van der Waals surface area contributed by atoms with E-state index in [4.69, 9.17) is 14.0 Å². The second-order valence-corrected chi connectivity index (χ2v) is 5.15. The van der Waals surface area contributed by atoms with Gasteiger partial charge in [0, 0.05) is 17.8 Å². The van der Waals surface area contributed by atoms with Gasteiger partial charge in [0.15, 0.2) is 17.3 Å². The minimum absolute atomic E-state index is 0.222. The molecule has 0 aliphatic carbocycles. The molecule has 120 valence electrons. The summed E-state index contributed by atoms with van der Waals surface area (Å²) in [6.07, 6.45) is 1.57. The van der Waals surface area contributed by atoms with E-state index in [2.05, 4.69) is 15.5 Å². The summed E-state index contributed by atoms with van der Waals surface area (Å²) < 4.78 is 16.0. The molecule has 7 heteroatoms. The van der Waals surface area contributed by atoms with E-state index in [1.807, 2.05) is 18.2 Å². The van der Waals surface area contributed by atoms with E-state index in [1.54, 1.807) is 30.5 Å². The predicted molar refractivity (Wildman–Crippen MR) is 83.5 cm³/mol. The highest BCUT2D eigenvalue weighted by Gasteiger charge is 2.16. The van der Waals surface area contributed by atoms with Gasteiger partial charge in [-0.05, 0) is 30.3 Å². The quantitative estimate of drug-likeness (QED) is 0.793. The number of pyridine rings is 1. The highest BCUT2D eigenvalue weighted by molar-refractivity contribution is 5.92. The summed E-state index contributed by atoms with van der Waals surface area (Å²) in [5.41, 5.74) is 1.80. The van der Waals surface area contributed by atoms with E-state index in [-0.39, 0.29) is 19.2 Å². The van der Waals surface area contributed by atoms with E-state index in [0.29, 0.717) is 28.6 Å². The third kappa shape index (κ3) is 2.79. The molecule has 0 unspecified atom stereocenters. The van der Waals surface area contributed by atoms with Crippen molar-refractivity contribution >= 4 is 5.91 Å². The zero-order valence-corrected chi connectivity index (χ0v) is 12.6. The number of nitrogens with one attached hydrogen (secondary N) is 1. The maximum atomic E-state index is 12.0. The van der Waals surface area contributed by atoms with Crippen molar-refractivity contribution in [1.82, 2.24) is 15.5 Å². The Morgan fingerprint density at radius 3 is 2.92 bits per heavy atom. The Balaban J connectivity index is 1.44. The lowest BCUT2D eigenvalue weighted by Gasteiger charge is -2.01. The average molecular weight is 323 g/mol. The van der Waals surface area contributed by atoms with Gasteiger partial charge in [0.05, 0.1) is 6.54 Å². The SMILES string of the molecule is O=C(NCc1cc(-c2ccc3c(c2)OCO3)on1)c1ccccn1. The third-order valence-corrected chi connectivity index (χ3v) is 3.54. The van der Waals surface area contributed by atoms with Gasteiger partial charge >= 0.3 is 0 Å². The summed E-state index contributed by atoms with van der Waals surface area (Å²) in [6, 6.07) is 12.5. The Hall–Kier alpha value is -3.35. The number of amides is 1. The standard InChI is InChI=1S/C17H13N3O4/c21-17(13-3-1-2-6-18-13)19-9-12-8-15(24-20-12)11-4-5-14-16(7-11)23-10-22-14/h1-8H,9-10H2,(H,19,21). The molecule has 2 aromatic heterocycles. The van der Waals surface area contributed by atoms with E-state index in [1.165, 1.54) is 0 Å². The molecule has 1 amide bonds. The van der Waals surface area contributed by atoms with Crippen molar-refractivity contribution in [2.75, 3.05) is 6.79 Å². The number of hydrogen-bond donors (Lipinski definition) is 1. The highest BCUT2D eigenvalue weighted by Crippen LogP contribution is 2.35. The summed E-state index contributed by atoms with van der Waals surface area (Å²) in [4.78, 5) is 16.0. The van der Waals surface area contributed by atoms with Gasteiger partial charge in [-0.3, -0.25) is 9.78 Å². The molecule has 3 heterocycles. The van der Waals surface area contributed by atoms with Crippen LogP contribution in [0.1, 0.15) is 16.2 Å². The summed E-state index contributed by atoms with van der Waals surface area (Å²) in [5, 5.41) is 6.72. The normalized spacial score (nSPS) is 12.2. The fraction of sp³-hybridized carbons (Fsp3) is 0.118. The molecular formula is C17H13N3O4. The molecule has 0 saturated heterocycles. The number of ether oxygens (including phenoxy) is 2. The molecule has 1 N–H and O–H groups in total. The minimum atomic E-state index is -0.261. The van der Waals surface area contributed by atoms with E-state index >= 15 is 0 Å². The number of carbonyl (C=O) groups excluding carboxylic acids is 1. The molecule has 0 atom stereocenters. The monoisotopic (exact) mass is 323 g/mol. The maximum Gasteiger partial charge on any atom is 0.270 e. The van der Waals surface area contributed by atoms with Crippen LogP contribution >= 0.6 is 0 Å². The zero-order valence-electron chi connectivity index (χ0n) is 12.6. The van der Waals surface area contributed by atoms with Gasteiger partial charge in [-0.2, -0.15) is 0 Å². The maximum absolute atomic E-state index is 12.0. The number of benzene rings is 1. The summed E-state index contributed by atoms with van der Waals surface area (Å²) in [5.74, 6) is 1.72. The molecule has 24 heavy (non-hydrogen) atoms. The van der Waals surface area contributed by atoms with Crippen LogP contribution in [0.4, 0.5) is 0 Å². The Morgan fingerprint density at radius 2 is 2.04 bits per heavy atom. The van der Waals surface area contributed by atoms with Crippen LogP contribution in [-0.2, 0) is 6.54 Å². The van der Waals surface area contributed by atoms with Crippen molar-refractivity contribution < 1.29 is 18.8 Å². The largest absolute Gasteiger partial charge is 0.454 e. The summed E-state index contributed by atoms with van der Waals surface area (Å²) >= 11 is 0. The number of carbonyl (C=O) groups is 1. The first-order valence-electron chi connectivity index (χ1n) is 7.34. The zero-order chi connectivity index (χ0) is 16.4. The lowest BCUT2D eigenvalue weighted by Crippen LogP contribution is -2.23. The molecule has 0 saturated carbocycles. The van der Waals surface area contributed by atoms with Crippen molar-refractivity contribution in [2.24, 2.45) is 0 Å². The Bertz CT molecular complexity index is 877. The minimum Gasteiger partial charge on any atom is -0.454 e. The molecule has 7 nitrogen and oxygen atoms in total. The van der Waals surface area contributed by atoms with Crippen LogP contribution in [-0.4, -0.2) is 22.8 Å². The van der Waals surface area contributed by atoms with Crippen molar-refractivity contribution in [1.29, 1.82) is 0 Å². The van der Waals surface area contributed by atoms with Crippen molar-refractivity contribution in [3.63, 3.8) is 0 Å². The first kappa shape index (κ1) is 14.3. The predicted octanol–water partition coefficient (Wildman–Crippen LogP) is 2.40. The molecule has 0 fully saturated rings. The number of nitrogens with zero attached hydrogens (tertiary/aromatic N) is 2. The fourth-order valence-electron chi connectivity index (χ4n) is 2.34. The van der Waals surface area contributed by atoms with Crippen LogP contribution in [0.2, 0.25) is 0 Å². The molecular weight excluding hydrogens is 310 g/mol. The van der Waals surface area contributed by atoms with Gasteiger partial charge in [0.1, 0.15) is 11.4 Å². The highest BCUT2D eigenvalue weighted by atomic mass is 16.7. The van der Waals surface area contributed by atoms with Crippen LogP contribution in [0.25, 0.3) is 11.3 Å². The molecule has 0 bridgehead atoms. The Morgan fingerprint density at radius 1 is 1.12 bits per heavy atom. The first-order chi connectivity index (χ1) is 11.8. The first-order valence-corrected chi connectivity index (χ1v) is 7.34. The van der Waals surface area contributed by atoms with Gasteiger partial charge < -0.3 is 19.3 Å². The molecule has 0 spiro atoms. The third-order valence-electron chi connectivity index (χ3n) is 3.54. The lowest BCUT2D eigenvalue weighted by atomic mass is 10.1. The van der Waals surface area contributed by atoms with E-state index < -0.39 is 0 Å². The number of aromatic nitrogens is 2. The van der Waals surface area contributed by atoms with Gasteiger partial charge in [-0.25, -0.2) is 0 Å². The summed E-state index contributed by atoms with van der Waals surface area (Å²) in [6.45, 7) is 0.476. The van der Waals surface area contributed by atoms with Gasteiger partial charge in [0.2, 0.25) is 6.79 Å². The van der Waals surface area contributed by atoms with Crippen molar-refractivity contribution in [3.8, 4) is 22.8 Å². The van der Waals surface area contributed by atoms with Crippen LogP contribution in [0.15, 0.2) is 53.2 Å². The van der Waals surface area contributed by atoms with Crippen LogP contribution in [0.3, 0.4) is 0 Å². The molecule has 1 aromatic carbocycles. The smallest absolute Gasteiger partial charge is 0.270 e. The topological polar surface area (TPSA) is 86.5 Å². The van der Waals surface area contributed by atoms with Crippen LogP contribution < -0.4 is 14.8 Å². The average Bonchev–Trinajstić information content (AvgIpc) is 3.29. The Kier molecular flexibility index (Phi) is 3.59. The van der Waals surface area contributed by atoms with Crippen LogP contribution in [0.5, 0.6) is 11.5 Å². The second kappa shape index (κ2) is 6.04. The fourth-order valence-corrected chi connectivity index (χ4v) is 2.34. The van der Waals surface area contributed by atoms with Crippen LogP contribution in [0, 0.1) is 0 Å². The molecule has 0 radical (unpaired) electrons. The second-order valence-electron chi connectivity index (χ2n) is 5.15. The molecule has 1 aliphatic heterocycles. The van der Waals surface area contributed by atoms with Crippen molar-refractivity contribution in [3.05, 3.63) is 60.0 Å². The molecule has 4 rings (SSSR count). The van der Waals surface area contributed by atoms with Gasteiger partial charge in [-0.1, -0.05) is 11.2 Å². The number of rotatable bonds is 4. The van der Waals surface area contributed by atoms with Gasteiger partial charge in [0.25, 0.3) is 5.91 Å². The number of fused-ring (bicyclic) bond motifs is 1. The lowest BCUT2D eigenvalue weighted by molar-refractivity contribution is 0.0945. The summed E-state index contributed by atoms with van der Waals surface area (Å²) in [7, 11) is 0. The van der Waals surface area contributed by atoms with Gasteiger partial charge in [-0.15, -0.1) is 0 Å². The Labute approximate surface area is 137 Å². The molecule has 3 aromatic rings. The molecule has 1 aliphatic rings. The number of hydrogen-bond acceptors (Lipinski definition) is 6.